The molecule has 1 aromatic heterocycles. The monoisotopic (exact) mass is 412 g/mol. The van der Waals surface area contributed by atoms with Crippen LogP contribution in [0.2, 0.25) is 0 Å². The van der Waals surface area contributed by atoms with Crippen LogP contribution in [0.1, 0.15) is 42.2 Å². The quantitative estimate of drug-likeness (QED) is 0.558. The molecule has 164 valence electrons. The van der Waals surface area contributed by atoms with E-state index >= 15 is 0 Å². The highest BCUT2D eigenvalue weighted by atomic mass is 16.1. The smallest absolute Gasteiger partial charge is 0.176 e. The number of para-hydroxylation sites is 1. The molecule has 2 fully saturated rings. The van der Waals surface area contributed by atoms with E-state index in [4.69, 9.17) is 0 Å². The van der Waals surface area contributed by atoms with Crippen LogP contribution < -0.4 is 0 Å². The average molecular weight is 413 g/mol. The number of carbonyl (C=O) groups excluding carboxylic acids is 2. The number of rotatable bonds is 5. The van der Waals surface area contributed by atoms with E-state index in [-0.39, 0.29) is 5.78 Å². The number of aromatic nitrogens is 1. The normalized spacial score (nSPS) is 18.8. The van der Waals surface area contributed by atoms with Gasteiger partial charge in [0.25, 0.3) is 0 Å². The second-order valence-corrected chi connectivity index (χ2v) is 8.61. The number of carbonyl (C=O) groups is 2. The van der Waals surface area contributed by atoms with Crippen molar-refractivity contribution >= 4 is 23.0 Å². The van der Waals surface area contributed by atoms with Crippen molar-refractivity contribution in [1.82, 2.24) is 19.3 Å². The SMILES string of the molecule is CC(=O)c1cc2cccc(CN3CCN(C)CC3)c2n1C.O=CCN1CCCCC1. The predicted molar refractivity (Wildman–Crippen MR) is 122 cm³/mol. The number of piperazine rings is 1. The Kier molecular flexibility index (Phi) is 8.19. The van der Waals surface area contributed by atoms with Gasteiger partial charge in [-0.2, -0.15) is 0 Å². The molecule has 30 heavy (non-hydrogen) atoms. The van der Waals surface area contributed by atoms with Crippen LogP contribution in [0.15, 0.2) is 24.3 Å². The van der Waals surface area contributed by atoms with Crippen molar-refractivity contribution in [3.63, 3.8) is 0 Å². The Labute approximate surface area is 180 Å². The highest BCUT2D eigenvalue weighted by Gasteiger charge is 2.17. The fourth-order valence-electron chi connectivity index (χ4n) is 4.46. The van der Waals surface area contributed by atoms with Crippen molar-refractivity contribution < 1.29 is 9.59 Å². The average Bonchev–Trinajstić information content (AvgIpc) is 3.09. The molecule has 2 saturated heterocycles. The van der Waals surface area contributed by atoms with Gasteiger partial charge in [-0.1, -0.05) is 24.6 Å². The van der Waals surface area contributed by atoms with Gasteiger partial charge < -0.3 is 14.3 Å². The molecule has 2 aliphatic heterocycles. The van der Waals surface area contributed by atoms with E-state index in [0.717, 1.165) is 63.2 Å². The number of hydrogen-bond donors (Lipinski definition) is 0. The van der Waals surface area contributed by atoms with Crippen LogP contribution in [-0.2, 0) is 18.4 Å². The molecule has 2 aromatic rings. The minimum Gasteiger partial charge on any atom is -0.341 e. The third kappa shape index (κ3) is 5.78. The number of aryl methyl sites for hydroxylation is 1. The van der Waals surface area contributed by atoms with Gasteiger partial charge in [-0.25, -0.2) is 0 Å². The van der Waals surface area contributed by atoms with Crippen LogP contribution in [0.4, 0.5) is 0 Å². The van der Waals surface area contributed by atoms with E-state index in [1.54, 1.807) is 6.92 Å². The predicted octanol–water partition coefficient (Wildman–Crippen LogP) is 2.80. The van der Waals surface area contributed by atoms with Crippen molar-refractivity contribution in [2.24, 2.45) is 7.05 Å². The van der Waals surface area contributed by atoms with Crippen LogP contribution >= 0.6 is 0 Å². The lowest BCUT2D eigenvalue weighted by Gasteiger charge is -2.32. The molecule has 6 nitrogen and oxygen atoms in total. The zero-order valence-corrected chi connectivity index (χ0v) is 18.8. The molecule has 4 rings (SSSR count). The van der Waals surface area contributed by atoms with Gasteiger partial charge in [0, 0.05) is 52.1 Å². The largest absolute Gasteiger partial charge is 0.341 e. The number of ketones is 1. The lowest BCUT2D eigenvalue weighted by atomic mass is 10.1. The Morgan fingerprint density at radius 2 is 1.67 bits per heavy atom. The summed E-state index contributed by atoms with van der Waals surface area (Å²) in [7, 11) is 4.17. The van der Waals surface area contributed by atoms with Gasteiger partial charge >= 0.3 is 0 Å². The zero-order valence-electron chi connectivity index (χ0n) is 18.8. The number of piperidine rings is 1. The molecular formula is C24H36N4O2. The van der Waals surface area contributed by atoms with Gasteiger partial charge in [0.15, 0.2) is 5.78 Å². The Bertz CT molecular complexity index is 846. The molecule has 0 unspecified atom stereocenters. The van der Waals surface area contributed by atoms with E-state index in [1.807, 2.05) is 17.7 Å². The van der Waals surface area contributed by atoms with Gasteiger partial charge in [-0.3, -0.25) is 14.6 Å². The van der Waals surface area contributed by atoms with Crippen LogP contribution in [0.3, 0.4) is 0 Å². The lowest BCUT2D eigenvalue weighted by molar-refractivity contribution is -0.109. The van der Waals surface area contributed by atoms with E-state index in [1.165, 1.54) is 30.3 Å². The third-order valence-electron chi connectivity index (χ3n) is 6.27. The summed E-state index contributed by atoms with van der Waals surface area (Å²) < 4.78 is 2.04. The molecule has 0 N–H and O–H groups in total. The minimum atomic E-state index is 0.124. The molecule has 1 aromatic carbocycles. The van der Waals surface area contributed by atoms with Crippen molar-refractivity contribution in [2.45, 2.75) is 32.7 Å². The number of hydrogen-bond acceptors (Lipinski definition) is 5. The second-order valence-electron chi connectivity index (χ2n) is 8.61. The third-order valence-corrected chi connectivity index (χ3v) is 6.27. The van der Waals surface area contributed by atoms with Crippen LogP contribution in [0.5, 0.6) is 0 Å². The van der Waals surface area contributed by atoms with Crippen LogP contribution in [-0.4, -0.2) is 84.2 Å². The van der Waals surface area contributed by atoms with Crippen molar-refractivity contribution in [3.05, 3.63) is 35.5 Å². The molecule has 2 aliphatic rings. The first kappa shape index (κ1) is 22.7. The maximum Gasteiger partial charge on any atom is 0.176 e. The molecule has 0 atom stereocenters. The molecule has 0 bridgehead atoms. The first-order valence-corrected chi connectivity index (χ1v) is 11.1. The standard InChI is InChI=1S/C17H23N3O.C7H13NO/c1-13(21)16-11-14-5-4-6-15(17(14)19(16)3)12-20-9-7-18(2)8-10-20;9-7-6-8-4-2-1-3-5-8/h4-6,11H,7-10,12H2,1-3H3;7H,1-6H2. The van der Waals surface area contributed by atoms with Gasteiger partial charge in [0.1, 0.15) is 6.29 Å². The number of nitrogens with zero attached hydrogens (tertiary/aromatic N) is 4. The number of likely N-dealkylation sites (N-methyl/N-ethyl adjacent to an activating group) is 1. The van der Waals surface area contributed by atoms with Crippen molar-refractivity contribution in [2.75, 3.05) is 52.9 Å². The molecule has 3 heterocycles. The Morgan fingerprint density at radius 1 is 0.967 bits per heavy atom. The van der Waals surface area contributed by atoms with E-state index in [2.05, 4.69) is 39.9 Å². The van der Waals surface area contributed by atoms with Crippen LogP contribution in [0.25, 0.3) is 10.9 Å². The number of benzene rings is 1. The van der Waals surface area contributed by atoms with Crippen molar-refractivity contribution in [1.29, 1.82) is 0 Å². The summed E-state index contributed by atoms with van der Waals surface area (Å²) in [5.74, 6) is 0.124. The van der Waals surface area contributed by atoms with E-state index < -0.39 is 0 Å². The zero-order chi connectivity index (χ0) is 21.5. The summed E-state index contributed by atoms with van der Waals surface area (Å²) in [5, 5.41) is 1.16. The fraction of sp³-hybridized carbons (Fsp3) is 0.583. The molecule has 0 amide bonds. The van der Waals surface area contributed by atoms with Gasteiger partial charge in [0.05, 0.1) is 17.8 Å². The molecule has 0 radical (unpaired) electrons. The van der Waals surface area contributed by atoms with Gasteiger partial charge in [-0.15, -0.1) is 0 Å². The first-order chi connectivity index (χ1) is 14.5. The number of aldehydes is 1. The van der Waals surface area contributed by atoms with Gasteiger partial charge in [-0.05, 0) is 44.6 Å². The Balaban J connectivity index is 0.000000239. The van der Waals surface area contributed by atoms with Crippen molar-refractivity contribution in [3.8, 4) is 0 Å². The van der Waals surface area contributed by atoms with E-state index in [0.29, 0.717) is 6.54 Å². The highest BCUT2D eigenvalue weighted by molar-refractivity contribution is 5.99. The summed E-state index contributed by atoms with van der Waals surface area (Å²) in [6, 6.07) is 8.38. The first-order valence-electron chi connectivity index (χ1n) is 11.1. The lowest BCUT2D eigenvalue weighted by Crippen LogP contribution is -2.43. The molecule has 0 aliphatic carbocycles. The van der Waals surface area contributed by atoms with Gasteiger partial charge in [0.2, 0.25) is 0 Å². The summed E-state index contributed by atoms with van der Waals surface area (Å²) in [4.78, 5) is 28.8. The minimum absolute atomic E-state index is 0.124. The number of Topliss-reactive ketones (excluding diaryl/α,β-unsaturated/α-hetero) is 1. The number of fused-ring (bicyclic) bond motifs is 1. The topological polar surface area (TPSA) is 48.8 Å². The van der Waals surface area contributed by atoms with Crippen LogP contribution in [0, 0.1) is 0 Å². The number of likely N-dealkylation sites (tertiary alicyclic amines) is 1. The maximum atomic E-state index is 11.7. The molecule has 0 spiro atoms. The summed E-state index contributed by atoms with van der Waals surface area (Å²) >= 11 is 0. The summed E-state index contributed by atoms with van der Waals surface area (Å²) in [5.41, 5.74) is 3.30. The summed E-state index contributed by atoms with van der Waals surface area (Å²) in [6.07, 6.45) is 4.88. The summed E-state index contributed by atoms with van der Waals surface area (Å²) in [6.45, 7) is 9.95. The van der Waals surface area contributed by atoms with E-state index in [9.17, 15) is 9.59 Å². The highest BCUT2D eigenvalue weighted by Crippen LogP contribution is 2.24. The maximum absolute atomic E-state index is 11.7. The Hall–Kier alpha value is -2.02. The Morgan fingerprint density at radius 3 is 2.30 bits per heavy atom. The molecular weight excluding hydrogens is 376 g/mol. The molecule has 6 heteroatoms. The molecule has 0 saturated carbocycles. The fourth-order valence-corrected chi connectivity index (χ4v) is 4.46. The second kappa shape index (κ2) is 10.8.